The van der Waals surface area contributed by atoms with Crippen molar-refractivity contribution in [3.05, 3.63) is 0 Å². The second-order valence-electron chi connectivity index (χ2n) is 3.34. The van der Waals surface area contributed by atoms with E-state index in [2.05, 4.69) is 5.43 Å². The summed E-state index contributed by atoms with van der Waals surface area (Å²) >= 11 is 0. The van der Waals surface area contributed by atoms with Gasteiger partial charge in [-0.15, -0.1) is 0 Å². The van der Waals surface area contributed by atoms with Crippen LogP contribution in [0.5, 0.6) is 0 Å². The van der Waals surface area contributed by atoms with Gasteiger partial charge in [0, 0.05) is 6.04 Å². The van der Waals surface area contributed by atoms with Crippen LogP contribution in [0.3, 0.4) is 0 Å². The summed E-state index contributed by atoms with van der Waals surface area (Å²) in [6.07, 6.45) is 1.64. The van der Waals surface area contributed by atoms with Gasteiger partial charge in [-0.3, -0.25) is 11.3 Å². The van der Waals surface area contributed by atoms with Gasteiger partial charge < -0.3 is 0 Å². The van der Waals surface area contributed by atoms with E-state index in [1.165, 1.54) is 0 Å². The molecule has 2 atom stereocenters. The molecule has 1 fully saturated rings. The van der Waals surface area contributed by atoms with Crippen LogP contribution in [0.25, 0.3) is 0 Å². The monoisotopic (exact) mass is 192 g/mol. The predicted molar refractivity (Wildman–Crippen MR) is 48.2 cm³/mol. The lowest BCUT2D eigenvalue weighted by molar-refractivity contribution is 0.378. The second-order valence-corrected chi connectivity index (χ2v) is 5.57. The predicted octanol–water partition coefficient (Wildman–Crippen LogP) is -0.337. The Balaban J connectivity index is 2.56. The van der Waals surface area contributed by atoms with Crippen molar-refractivity contribution in [3.8, 4) is 0 Å². The highest BCUT2D eigenvalue weighted by atomic mass is 32.2. The van der Waals surface area contributed by atoms with Gasteiger partial charge in [-0.2, -0.15) is 0 Å². The number of sulfone groups is 1. The molecule has 1 aliphatic rings. The molecule has 1 saturated heterocycles. The van der Waals surface area contributed by atoms with Crippen LogP contribution in [0, 0.1) is 5.92 Å². The van der Waals surface area contributed by atoms with E-state index < -0.39 is 9.84 Å². The van der Waals surface area contributed by atoms with E-state index in [4.69, 9.17) is 5.84 Å². The van der Waals surface area contributed by atoms with E-state index in [0.717, 1.165) is 12.8 Å². The number of hydrogen-bond donors (Lipinski definition) is 2. The maximum atomic E-state index is 11.1. The minimum absolute atomic E-state index is 0.155. The first kappa shape index (κ1) is 9.95. The third kappa shape index (κ3) is 2.18. The molecule has 0 amide bonds. The Kier molecular flexibility index (Phi) is 3.09. The molecule has 3 N–H and O–H groups in total. The largest absolute Gasteiger partial charge is 0.271 e. The molecule has 0 bridgehead atoms. The fraction of sp³-hybridized carbons (Fsp3) is 1.00. The lowest BCUT2D eigenvalue weighted by Crippen LogP contribution is -2.40. The van der Waals surface area contributed by atoms with E-state index >= 15 is 0 Å². The molecule has 4 nitrogen and oxygen atoms in total. The number of hydrazine groups is 1. The molecule has 5 heteroatoms. The van der Waals surface area contributed by atoms with Gasteiger partial charge in [0.1, 0.15) is 0 Å². The summed E-state index contributed by atoms with van der Waals surface area (Å²) in [7, 11) is -2.76. The van der Waals surface area contributed by atoms with Gasteiger partial charge in [-0.1, -0.05) is 6.92 Å². The van der Waals surface area contributed by atoms with Crippen LogP contribution in [-0.4, -0.2) is 26.0 Å². The highest BCUT2D eigenvalue weighted by Gasteiger charge is 2.32. The average Bonchev–Trinajstić information content (AvgIpc) is 2.34. The van der Waals surface area contributed by atoms with Crippen LogP contribution in [-0.2, 0) is 9.84 Å². The number of rotatable bonds is 3. The minimum atomic E-state index is -2.76. The van der Waals surface area contributed by atoms with E-state index in [1.54, 1.807) is 0 Å². The molecule has 1 rings (SSSR count). The third-order valence-corrected chi connectivity index (χ3v) is 4.28. The van der Waals surface area contributed by atoms with Crippen LogP contribution >= 0.6 is 0 Å². The lowest BCUT2D eigenvalue weighted by atomic mass is 9.98. The summed E-state index contributed by atoms with van der Waals surface area (Å²) in [5, 5.41) is 0. The summed E-state index contributed by atoms with van der Waals surface area (Å²) in [5.74, 6) is 6.15. The van der Waals surface area contributed by atoms with Crippen molar-refractivity contribution in [2.45, 2.75) is 25.8 Å². The van der Waals surface area contributed by atoms with Crippen molar-refractivity contribution in [1.29, 1.82) is 0 Å². The summed E-state index contributed by atoms with van der Waals surface area (Å²) in [6, 6.07) is 0.155. The average molecular weight is 192 g/mol. The van der Waals surface area contributed by atoms with Crippen molar-refractivity contribution in [2.75, 3.05) is 11.5 Å². The molecule has 1 heterocycles. The fourth-order valence-electron chi connectivity index (χ4n) is 1.73. The molecular weight excluding hydrogens is 176 g/mol. The highest BCUT2D eigenvalue weighted by molar-refractivity contribution is 7.91. The van der Waals surface area contributed by atoms with Crippen molar-refractivity contribution in [2.24, 2.45) is 11.8 Å². The summed E-state index contributed by atoms with van der Waals surface area (Å²) < 4.78 is 22.2. The van der Waals surface area contributed by atoms with E-state index in [-0.39, 0.29) is 12.0 Å². The van der Waals surface area contributed by atoms with Crippen LogP contribution in [0.15, 0.2) is 0 Å². The standard InChI is InChI=1S/C7H16N2O2S/c1-2-7(9-8)6-3-4-12(10,11)5-6/h6-7,9H,2-5,8H2,1H3. The van der Waals surface area contributed by atoms with Gasteiger partial charge in [0.05, 0.1) is 11.5 Å². The Hall–Kier alpha value is -0.130. The van der Waals surface area contributed by atoms with E-state index in [1.807, 2.05) is 6.92 Å². The fourth-order valence-corrected chi connectivity index (χ4v) is 3.61. The van der Waals surface area contributed by atoms with Gasteiger partial charge in [0.2, 0.25) is 0 Å². The molecule has 0 aliphatic carbocycles. The molecule has 0 aromatic carbocycles. The minimum Gasteiger partial charge on any atom is -0.271 e. The maximum absolute atomic E-state index is 11.1. The Morgan fingerprint density at radius 2 is 2.33 bits per heavy atom. The van der Waals surface area contributed by atoms with Crippen molar-refractivity contribution in [1.82, 2.24) is 5.43 Å². The molecule has 0 radical (unpaired) electrons. The highest BCUT2D eigenvalue weighted by Crippen LogP contribution is 2.22. The van der Waals surface area contributed by atoms with Crippen LogP contribution < -0.4 is 11.3 Å². The zero-order valence-corrected chi connectivity index (χ0v) is 8.10. The third-order valence-electron chi connectivity index (χ3n) is 2.49. The topological polar surface area (TPSA) is 72.2 Å². The van der Waals surface area contributed by atoms with E-state index in [9.17, 15) is 8.42 Å². The van der Waals surface area contributed by atoms with Crippen molar-refractivity contribution < 1.29 is 8.42 Å². The van der Waals surface area contributed by atoms with Gasteiger partial charge in [0.25, 0.3) is 0 Å². The second kappa shape index (κ2) is 3.72. The molecule has 1 aliphatic heterocycles. The van der Waals surface area contributed by atoms with Crippen LogP contribution in [0.2, 0.25) is 0 Å². The van der Waals surface area contributed by atoms with E-state index in [0.29, 0.717) is 11.5 Å². The van der Waals surface area contributed by atoms with Crippen molar-refractivity contribution in [3.63, 3.8) is 0 Å². The Bertz CT molecular complexity index is 234. The number of nitrogens with two attached hydrogens (primary N) is 1. The summed E-state index contributed by atoms with van der Waals surface area (Å²) in [5.41, 5.74) is 2.67. The molecular formula is C7H16N2O2S. The lowest BCUT2D eigenvalue weighted by Gasteiger charge is -2.19. The number of hydrogen-bond acceptors (Lipinski definition) is 4. The molecule has 0 aromatic rings. The Morgan fingerprint density at radius 3 is 2.67 bits per heavy atom. The maximum Gasteiger partial charge on any atom is 0.150 e. The Morgan fingerprint density at radius 1 is 1.67 bits per heavy atom. The zero-order valence-electron chi connectivity index (χ0n) is 7.29. The molecule has 72 valence electrons. The zero-order chi connectivity index (χ0) is 9.19. The first-order valence-electron chi connectivity index (χ1n) is 4.25. The van der Waals surface area contributed by atoms with Crippen LogP contribution in [0.4, 0.5) is 0 Å². The molecule has 0 spiro atoms. The smallest absolute Gasteiger partial charge is 0.150 e. The molecule has 12 heavy (non-hydrogen) atoms. The van der Waals surface area contributed by atoms with Gasteiger partial charge in [0.15, 0.2) is 9.84 Å². The first-order chi connectivity index (χ1) is 5.59. The normalized spacial score (nSPS) is 30.3. The quantitative estimate of drug-likeness (QED) is 0.474. The number of nitrogens with one attached hydrogen (secondary N) is 1. The first-order valence-corrected chi connectivity index (χ1v) is 6.07. The Labute approximate surface area is 73.4 Å². The molecule has 0 aromatic heterocycles. The van der Waals surface area contributed by atoms with Crippen molar-refractivity contribution >= 4 is 9.84 Å². The molecule has 0 saturated carbocycles. The van der Waals surface area contributed by atoms with Gasteiger partial charge in [-0.05, 0) is 18.8 Å². The van der Waals surface area contributed by atoms with Crippen LogP contribution in [0.1, 0.15) is 19.8 Å². The van der Waals surface area contributed by atoms with Gasteiger partial charge in [-0.25, -0.2) is 8.42 Å². The summed E-state index contributed by atoms with van der Waals surface area (Å²) in [6.45, 7) is 2.01. The molecule has 2 unspecified atom stereocenters. The van der Waals surface area contributed by atoms with Gasteiger partial charge >= 0.3 is 0 Å². The SMILES string of the molecule is CCC(NN)C1CCS(=O)(=O)C1. The summed E-state index contributed by atoms with van der Waals surface area (Å²) in [4.78, 5) is 0.